The number of halogens is 1. The van der Waals surface area contributed by atoms with E-state index in [2.05, 4.69) is 10.9 Å². The molecule has 3 rings (SSSR count). The fourth-order valence-corrected chi connectivity index (χ4v) is 2.88. The second kappa shape index (κ2) is 8.86. The lowest BCUT2D eigenvalue weighted by Gasteiger charge is -2.16. The molecule has 0 bridgehead atoms. The minimum atomic E-state index is -0.834. The number of imide groups is 1. The summed E-state index contributed by atoms with van der Waals surface area (Å²) in [6.07, 6.45) is 0.841. The summed E-state index contributed by atoms with van der Waals surface area (Å²) in [4.78, 5) is 38.2. The van der Waals surface area contributed by atoms with Crippen molar-refractivity contribution in [3.63, 3.8) is 0 Å². The van der Waals surface area contributed by atoms with Gasteiger partial charge in [0, 0.05) is 10.6 Å². The number of hydrogen-bond acceptors (Lipinski definition) is 5. The number of hydrogen-bond donors (Lipinski definition) is 2. The zero-order valence-corrected chi connectivity index (χ0v) is 16.0. The number of carbonyl (C=O) groups is 3. The Morgan fingerprint density at radius 3 is 2.46 bits per heavy atom. The lowest BCUT2D eigenvalue weighted by molar-refractivity contribution is -0.121. The summed E-state index contributed by atoms with van der Waals surface area (Å²) in [5.74, 6) is -0.517. The molecule has 0 saturated carbocycles. The quantitative estimate of drug-likeness (QED) is 0.550. The molecule has 0 aliphatic carbocycles. The van der Waals surface area contributed by atoms with Gasteiger partial charge in [0.2, 0.25) is 5.91 Å². The van der Waals surface area contributed by atoms with Gasteiger partial charge in [0.15, 0.2) is 0 Å². The van der Waals surface area contributed by atoms with Gasteiger partial charge >= 0.3 is 0 Å². The third-order valence-corrected chi connectivity index (χ3v) is 4.43. The van der Waals surface area contributed by atoms with Gasteiger partial charge in [-0.15, -0.1) is 0 Å². The number of ether oxygens (including phenoxy) is 1. The summed E-state index contributed by atoms with van der Waals surface area (Å²) in [6, 6.07) is 12.2. The Kier molecular flexibility index (Phi) is 6.28. The highest BCUT2D eigenvalue weighted by molar-refractivity contribution is 6.30. The monoisotopic (exact) mass is 401 g/mol. The van der Waals surface area contributed by atoms with Crippen LogP contribution in [0.5, 0.6) is 5.75 Å². The van der Waals surface area contributed by atoms with E-state index in [4.69, 9.17) is 16.3 Å². The number of benzene rings is 2. The van der Waals surface area contributed by atoms with E-state index < -0.39 is 17.9 Å². The molecule has 1 saturated heterocycles. The molecule has 0 unspecified atom stereocenters. The van der Waals surface area contributed by atoms with Gasteiger partial charge in [0.05, 0.1) is 18.7 Å². The van der Waals surface area contributed by atoms with E-state index in [1.807, 2.05) is 6.92 Å². The molecule has 0 spiro atoms. The first-order valence-corrected chi connectivity index (χ1v) is 9.28. The zero-order valence-electron chi connectivity index (χ0n) is 15.3. The van der Waals surface area contributed by atoms with Gasteiger partial charge in [-0.1, -0.05) is 18.5 Å². The zero-order chi connectivity index (χ0) is 20.1. The van der Waals surface area contributed by atoms with Gasteiger partial charge in [0.25, 0.3) is 11.8 Å². The van der Waals surface area contributed by atoms with E-state index >= 15 is 0 Å². The van der Waals surface area contributed by atoms with Crippen LogP contribution in [0, 0.1) is 0 Å². The van der Waals surface area contributed by atoms with Gasteiger partial charge in [-0.2, -0.15) is 0 Å². The molecular formula is C20H20ClN3O4. The predicted octanol–water partition coefficient (Wildman–Crippen LogP) is 2.70. The van der Waals surface area contributed by atoms with Gasteiger partial charge in [-0.3, -0.25) is 19.8 Å². The second-order valence-corrected chi connectivity index (χ2v) is 6.71. The molecule has 1 atom stereocenters. The first-order chi connectivity index (χ1) is 13.5. The van der Waals surface area contributed by atoms with Crippen LogP contribution in [0.4, 0.5) is 5.69 Å². The lowest BCUT2D eigenvalue weighted by atomic mass is 10.2. The molecule has 7 nitrogen and oxygen atoms in total. The second-order valence-electron chi connectivity index (χ2n) is 6.27. The topological polar surface area (TPSA) is 87.7 Å². The van der Waals surface area contributed by atoms with E-state index in [9.17, 15) is 14.4 Å². The van der Waals surface area contributed by atoms with Crippen LogP contribution in [0.3, 0.4) is 0 Å². The van der Waals surface area contributed by atoms with E-state index in [0.717, 1.165) is 11.3 Å². The van der Waals surface area contributed by atoms with Crippen LogP contribution in [0.2, 0.25) is 5.02 Å². The number of nitrogens with zero attached hydrogens (tertiary/aromatic N) is 1. The van der Waals surface area contributed by atoms with Crippen molar-refractivity contribution in [2.24, 2.45) is 0 Å². The number of carbonyl (C=O) groups excluding carboxylic acids is 3. The maximum atomic E-state index is 12.6. The van der Waals surface area contributed by atoms with Crippen molar-refractivity contribution in [1.82, 2.24) is 10.9 Å². The average Bonchev–Trinajstić information content (AvgIpc) is 2.99. The minimum Gasteiger partial charge on any atom is -0.494 e. The van der Waals surface area contributed by atoms with E-state index in [1.54, 1.807) is 48.5 Å². The highest BCUT2D eigenvalue weighted by atomic mass is 35.5. The molecule has 1 aliphatic rings. The van der Waals surface area contributed by atoms with E-state index in [0.29, 0.717) is 28.6 Å². The maximum Gasteiger partial charge on any atom is 0.265 e. The molecule has 3 amide bonds. The molecule has 0 aromatic heterocycles. The van der Waals surface area contributed by atoms with Crippen molar-refractivity contribution in [3.05, 3.63) is 59.1 Å². The lowest BCUT2D eigenvalue weighted by Crippen LogP contribution is -2.48. The van der Waals surface area contributed by atoms with Crippen LogP contribution in [0.15, 0.2) is 48.5 Å². The average molecular weight is 402 g/mol. The molecule has 146 valence electrons. The van der Waals surface area contributed by atoms with Crippen LogP contribution < -0.4 is 20.5 Å². The highest BCUT2D eigenvalue weighted by Crippen LogP contribution is 2.25. The molecule has 2 aromatic carbocycles. The van der Waals surface area contributed by atoms with Gasteiger partial charge < -0.3 is 4.74 Å². The molecule has 1 fully saturated rings. The van der Waals surface area contributed by atoms with Crippen molar-refractivity contribution < 1.29 is 19.1 Å². The molecule has 28 heavy (non-hydrogen) atoms. The fraction of sp³-hybridized carbons (Fsp3) is 0.250. The largest absolute Gasteiger partial charge is 0.494 e. The van der Waals surface area contributed by atoms with Crippen molar-refractivity contribution in [1.29, 1.82) is 0 Å². The van der Waals surface area contributed by atoms with Gasteiger partial charge in [0.1, 0.15) is 11.8 Å². The van der Waals surface area contributed by atoms with E-state index in [-0.39, 0.29) is 12.3 Å². The smallest absolute Gasteiger partial charge is 0.265 e. The van der Waals surface area contributed by atoms with Crippen LogP contribution >= 0.6 is 11.6 Å². The maximum absolute atomic E-state index is 12.6. The Morgan fingerprint density at radius 2 is 1.82 bits per heavy atom. The third-order valence-electron chi connectivity index (χ3n) is 4.18. The summed E-state index contributed by atoms with van der Waals surface area (Å²) in [5, 5.41) is 0.517. The van der Waals surface area contributed by atoms with Crippen molar-refractivity contribution in [3.8, 4) is 5.75 Å². The summed E-state index contributed by atoms with van der Waals surface area (Å²) >= 11 is 5.80. The molecule has 1 aliphatic heterocycles. The van der Waals surface area contributed by atoms with Gasteiger partial charge in [-0.25, -0.2) is 10.3 Å². The Hall–Kier alpha value is -2.90. The first kappa shape index (κ1) is 19.9. The first-order valence-electron chi connectivity index (χ1n) is 8.90. The molecule has 0 radical (unpaired) electrons. The SMILES string of the molecule is CCCOc1ccc(N2C(=O)C[C@H](NNC(=O)c3ccc(Cl)cc3)C2=O)cc1. The Balaban J connectivity index is 1.61. The fourth-order valence-electron chi connectivity index (χ4n) is 2.75. The van der Waals surface area contributed by atoms with Crippen molar-refractivity contribution >= 4 is 35.0 Å². The highest BCUT2D eigenvalue weighted by Gasteiger charge is 2.39. The van der Waals surface area contributed by atoms with Gasteiger partial charge in [-0.05, 0) is 55.0 Å². The molecular weight excluding hydrogens is 382 g/mol. The standard InChI is InChI=1S/C20H20ClN3O4/c1-2-11-28-16-9-7-15(8-10-16)24-18(25)12-17(20(24)27)22-23-19(26)13-3-5-14(21)6-4-13/h3-10,17,22H,2,11-12H2,1H3,(H,23,26)/t17-/m0/s1. The van der Waals surface area contributed by atoms with Crippen molar-refractivity contribution in [2.75, 3.05) is 11.5 Å². The molecule has 2 N–H and O–H groups in total. The minimum absolute atomic E-state index is 0.0478. The van der Waals surface area contributed by atoms with Crippen LogP contribution in [-0.4, -0.2) is 30.4 Å². The molecule has 8 heteroatoms. The molecule has 2 aromatic rings. The number of amides is 3. The summed E-state index contributed by atoms with van der Waals surface area (Å²) in [6.45, 7) is 2.61. The number of anilines is 1. The van der Waals surface area contributed by atoms with E-state index in [1.165, 1.54) is 0 Å². The van der Waals surface area contributed by atoms with Crippen molar-refractivity contribution in [2.45, 2.75) is 25.8 Å². The number of nitrogens with one attached hydrogen (secondary N) is 2. The van der Waals surface area contributed by atoms with Crippen LogP contribution in [0.1, 0.15) is 30.1 Å². The summed E-state index contributed by atoms with van der Waals surface area (Å²) in [5.41, 5.74) is 5.96. The summed E-state index contributed by atoms with van der Waals surface area (Å²) < 4.78 is 5.51. The molecule has 1 heterocycles. The number of rotatable bonds is 7. The van der Waals surface area contributed by atoms with Crippen LogP contribution in [-0.2, 0) is 9.59 Å². The third kappa shape index (κ3) is 4.49. The Labute approximate surface area is 167 Å². The summed E-state index contributed by atoms with van der Waals surface area (Å²) in [7, 11) is 0. The predicted molar refractivity (Wildman–Crippen MR) is 105 cm³/mol. The van der Waals surface area contributed by atoms with Crippen LogP contribution in [0.25, 0.3) is 0 Å². The Bertz CT molecular complexity index is 868. The Morgan fingerprint density at radius 1 is 1.14 bits per heavy atom. The number of hydrazine groups is 1. The normalized spacial score (nSPS) is 16.4.